The van der Waals surface area contributed by atoms with Crippen LogP contribution in [0.3, 0.4) is 0 Å². The molecule has 0 radical (unpaired) electrons. The molecule has 0 aliphatic rings. The van der Waals surface area contributed by atoms with Gasteiger partial charge in [0.25, 0.3) is 0 Å². The molecule has 7 heteroatoms. The van der Waals surface area contributed by atoms with E-state index in [9.17, 15) is 13.2 Å². The topological polar surface area (TPSA) is 95.5 Å². The summed E-state index contributed by atoms with van der Waals surface area (Å²) in [6, 6.07) is 5.57. The first-order chi connectivity index (χ1) is 10.3. The van der Waals surface area contributed by atoms with Crippen molar-refractivity contribution < 1.29 is 18.3 Å². The number of aryl methyl sites for hydroxylation is 1. The van der Waals surface area contributed by atoms with Gasteiger partial charge >= 0.3 is 0 Å². The van der Waals surface area contributed by atoms with Crippen molar-refractivity contribution in [2.24, 2.45) is 5.92 Å². The Morgan fingerprint density at radius 2 is 1.82 bits per heavy atom. The summed E-state index contributed by atoms with van der Waals surface area (Å²) < 4.78 is 27.2. The second-order valence-electron chi connectivity index (χ2n) is 5.63. The summed E-state index contributed by atoms with van der Waals surface area (Å²) >= 11 is 0. The number of benzene rings is 1. The number of hydrogen-bond donors (Lipinski definition) is 3. The SMILES string of the molecule is Cc1ccc(S(=O)(=O)N[C@@H](CC(C)C)C(=O)NCCO)cc1. The molecule has 1 rings (SSSR count). The maximum atomic E-state index is 12.4. The molecular weight excluding hydrogens is 304 g/mol. The first kappa shape index (κ1) is 18.6. The Morgan fingerprint density at radius 3 is 2.32 bits per heavy atom. The highest BCUT2D eigenvalue weighted by Crippen LogP contribution is 2.13. The van der Waals surface area contributed by atoms with Gasteiger partial charge in [0.1, 0.15) is 6.04 Å². The van der Waals surface area contributed by atoms with E-state index in [1.54, 1.807) is 12.1 Å². The number of hydrogen-bond acceptors (Lipinski definition) is 4. The highest BCUT2D eigenvalue weighted by molar-refractivity contribution is 7.89. The average Bonchev–Trinajstić information content (AvgIpc) is 2.43. The zero-order valence-corrected chi connectivity index (χ0v) is 14.0. The minimum atomic E-state index is -3.77. The lowest BCUT2D eigenvalue weighted by Crippen LogP contribution is -2.47. The number of aliphatic hydroxyl groups is 1. The average molecular weight is 328 g/mol. The molecule has 0 saturated heterocycles. The van der Waals surface area contributed by atoms with E-state index >= 15 is 0 Å². The second kappa shape index (κ2) is 8.26. The van der Waals surface area contributed by atoms with Gasteiger partial charge in [-0.3, -0.25) is 4.79 Å². The molecule has 0 unspecified atom stereocenters. The van der Waals surface area contributed by atoms with Crippen LogP contribution in [0.4, 0.5) is 0 Å². The quantitative estimate of drug-likeness (QED) is 0.658. The van der Waals surface area contributed by atoms with Gasteiger partial charge in [-0.05, 0) is 31.4 Å². The molecule has 3 N–H and O–H groups in total. The minimum absolute atomic E-state index is 0.0969. The largest absolute Gasteiger partial charge is 0.395 e. The third kappa shape index (κ3) is 5.75. The summed E-state index contributed by atoms with van der Waals surface area (Å²) in [6.07, 6.45) is 0.377. The van der Waals surface area contributed by atoms with E-state index in [-0.39, 0.29) is 24.0 Å². The Labute approximate surface area is 132 Å². The van der Waals surface area contributed by atoms with Crippen molar-refractivity contribution in [2.75, 3.05) is 13.2 Å². The molecule has 0 fully saturated rings. The van der Waals surface area contributed by atoms with Crippen molar-refractivity contribution >= 4 is 15.9 Å². The highest BCUT2D eigenvalue weighted by atomic mass is 32.2. The zero-order chi connectivity index (χ0) is 16.8. The maximum absolute atomic E-state index is 12.4. The highest BCUT2D eigenvalue weighted by Gasteiger charge is 2.26. The fraction of sp³-hybridized carbons (Fsp3) is 0.533. The molecule has 1 atom stereocenters. The molecule has 22 heavy (non-hydrogen) atoms. The van der Waals surface area contributed by atoms with Crippen molar-refractivity contribution in [1.82, 2.24) is 10.0 Å². The van der Waals surface area contributed by atoms with E-state index in [0.717, 1.165) is 5.56 Å². The molecule has 1 aromatic carbocycles. The summed E-state index contributed by atoms with van der Waals surface area (Å²) in [6.45, 7) is 5.59. The van der Waals surface area contributed by atoms with E-state index in [1.165, 1.54) is 12.1 Å². The van der Waals surface area contributed by atoms with Crippen LogP contribution in [0.5, 0.6) is 0 Å². The molecule has 0 aliphatic heterocycles. The smallest absolute Gasteiger partial charge is 0.241 e. The molecular formula is C15H24N2O4S. The van der Waals surface area contributed by atoms with Gasteiger partial charge in [0, 0.05) is 6.54 Å². The lowest BCUT2D eigenvalue weighted by molar-refractivity contribution is -0.123. The molecule has 1 amide bonds. The molecule has 6 nitrogen and oxygen atoms in total. The van der Waals surface area contributed by atoms with E-state index in [0.29, 0.717) is 6.42 Å². The van der Waals surface area contributed by atoms with Gasteiger partial charge < -0.3 is 10.4 Å². The van der Waals surface area contributed by atoms with Gasteiger partial charge in [0.05, 0.1) is 11.5 Å². The van der Waals surface area contributed by atoms with Crippen LogP contribution in [-0.4, -0.2) is 38.6 Å². The minimum Gasteiger partial charge on any atom is -0.395 e. The lowest BCUT2D eigenvalue weighted by atomic mass is 10.0. The third-order valence-electron chi connectivity index (χ3n) is 3.06. The Kier molecular flexibility index (Phi) is 6.99. The van der Waals surface area contributed by atoms with Gasteiger partial charge in [-0.15, -0.1) is 0 Å². The predicted octanol–water partition coefficient (Wildman–Crippen LogP) is 0.797. The number of nitrogens with one attached hydrogen (secondary N) is 2. The van der Waals surface area contributed by atoms with Gasteiger partial charge in [-0.25, -0.2) is 8.42 Å². The Balaban J connectivity index is 2.91. The molecule has 0 bridgehead atoms. The molecule has 0 heterocycles. The third-order valence-corrected chi connectivity index (χ3v) is 4.55. The molecule has 0 saturated carbocycles. The van der Waals surface area contributed by atoms with E-state index in [1.807, 2.05) is 20.8 Å². The number of aliphatic hydroxyl groups excluding tert-OH is 1. The van der Waals surface area contributed by atoms with Crippen LogP contribution in [0, 0.1) is 12.8 Å². The number of carbonyl (C=O) groups excluding carboxylic acids is 1. The summed E-state index contributed by atoms with van der Waals surface area (Å²) in [5.41, 5.74) is 0.957. The molecule has 0 spiro atoms. The Bertz CT molecular complexity index is 582. The van der Waals surface area contributed by atoms with Gasteiger partial charge in [-0.1, -0.05) is 31.5 Å². The lowest BCUT2D eigenvalue weighted by Gasteiger charge is -2.20. The fourth-order valence-electron chi connectivity index (χ4n) is 1.96. The number of sulfonamides is 1. The van der Waals surface area contributed by atoms with E-state index < -0.39 is 22.0 Å². The number of amides is 1. The van der Waals surface area contributed by atoms with Crippen LogP contribution >= 0.6 is 0 Å². The van der Waals surface area contributed by atoms with Crippen LogP contribution < -0.4 is 10.0 Å². The summed E-state index contributed by atoms with van der Waals surface area (Å²) in [7, 11) is -3.77. The molecule has 124 valence electrons. The van der Waals surface area contributed by atoms with Crippen molar-refractivity contribution in [1.29, 1.82) is 0 Å². The molecule has 0 aromatic heterocycles. The van der Waals surface area contributed by atoms with Crippen LogP contribution in [0.15, 0.2) is 29.2 Å². The molecule has 0 aliphatic carbocycles. The van der Waals surface area contributed by atoms with E-state index in [2.05, 4.69) is 10.0 Å². The fourth-order valence-corrected chi connectivity index (χ4v) is 3.16. The first-order valence-corrected chi connectivity index (χ1v) is 8.72. The normalized spacial score (nSPS) is 13.1. The first-order valence-electron chi connectivity index (χ1n) is 7.24. The number of rotatable bonds is 8. The van der Waals surface area contributed by atoms with Crippen molar-refractivity contribution in [3.8, 4) is 0 Å². The monoisotopic (exact) mass is 328 g/mol. The van der Waals surface area contributed by atoms with Crippen molar-refractivity contribution in [3.63, 3.8) is 0 Å². The van der Waals surface area contributed by atoms with Crippen LogP contribution in [0.25, 0.3) is 0 Å². The van der Waals surface area contributed by atoms with Crippen molar-refractivity contribution in [3.05, 3.63) is 29.8 Å². The Hall–Kier alpha value is -1.44. The second-order valence-corrected chi connectivity index (χ2v) is 7.35. The molecule has 1 aromatic rings. The van der Waals surface area contributed by atoms with E-state index in [4.69, 9.17) is 5.11 Å². The van der Waals surface area contributed by atoms with Crippen LogP contribution in [-0.2, 0) is 14.8 Å². The standard InChI is InChI=1S/C15H24N2O4S/c1-11(2)10-14(15(19)16-8-9-18)17-22(20,21)13-6-4-12(3)5-7-13/h4-7,11,14,17-18H,8-10H2,1-3H3,(H,16,19)/t14-/m0/s1. The maximum Gasteiger partial charge on any atom is 0.241 e. The van der Waals surface area contributed by atoms with Crippen molar-refractivity contribution in [2.45, 2.75) is 38.1 Å². The van der Waals surface area contributed by atoms with Gasteiger partial charge in [-0.2, -0.15) is 4.72 Å². The van der Waals surface area contributed by atoms with Crippen LogP contribution in [0.1, 0.15) is 25.8 Å². The predicted molar refractivity (Wildman–Crippen MR) is 84.8 cm³/mol. The zero-order valence-electron chi connectivity index (χ0n) is 13.2. The number of carbonyl (C=O) groups is 1. The summed E-state index contributed by atoms with van der Waals surface area (Å²) in [4.78, 5) is 12.2. The summed E-state index contributed by atoms with van der Waals surface area (Å²) in [5.74, 6) is -0.288. The van der Waals surface area contributed by atoms with Crippen LogP contribution in [0.2, 0.25) is 0 Å². The Morgan fingerprint density at radius 1 is 1.23 bits per heavy atom. The summed E-state index contributed by atoms with van der Waals surface area (Å²) in [5, 5.41) is 11.3. The van der Waals surface area contributed by atoms with Gasteiger partial charge in [0.2, 0.25) is 15.9 Å². The van der Waals surface area contributed by atoms with Gasteiger partial charge in [0.15, 0.2) is 0 Å².